The monoisotopic (exact) mass is 426 g/mol. The molecule has 2 aromatic rings. The van der Waals surface area contributed by atoms with E-state index in [1.165, 1.54) is 19.1 Å². The Morgan fingerprint density at radius 3 is 2.39 bits per heavy atom. The number of likely N-dealkylation sites (tertiary alicyclic amines) is 1. The molecule has 31 heavy (non-hydrogen) atoms. The number of rotatable bonds is 9. The Kier molecular flexibility index (Phi) is 7.28. The summed E-state index contributed by atoms with van der Waals surface area (Å²) in [7, 11) is 3.02. The Bertz CT molecular complexity index is 973. The molecule has 0 aliphatic carbocycles. The molecule has 2 aromatic carbocycles. The van der Waals surface area contributed by atoms with Crippen LogP contribution in [-0.4, -0.2) is 67.3 Å². The van der Waals surface area contributed by atoms with Gasteiger partial charge < -0.3 is 29.9 Å². The van der Waals surface area contributed by atoms with Crippen LogP contribution >= 0.6 is 0 Å². The summed E-state index contributed by atoms with van der Waals surface area (Å²) in [6, 6.07) is 13.0. The third-order valence-corrected chi connectivity index (χ3v) is 5.13. The number of carbonyl (C=O) groups is 2. The summed E-state index contributed by atoms with van der Waals surface area (Å²) in [5.74, 6) is -0.713. The van der Waals surface area contributed by atoms with Crippen molar-refractivity contribution in [1.82, 2.24) is 10.2 Å². The summed E-state index contributed by atoms with van der Waals surface area (Å²) in [5.41, 5.74) is 1.08. The maximum atomic E-state index is 13.0. The molecule has 1 saturated heterocycles. The van der Waals surface area contributed by atoms with Crippen molar-refractivity contribution < 1.29 is 29.3 Å². The standard InChI is InChI=1S/C23H26N2O6/c1-30-17-9-8-16(14-18(17)31-2)20-19(21(27)15-6-4-3-5-7-15)22(28)23(29)25(20)12-10-24-11-13-26/h3-9,14,20,24,26-27H,10-13H2,1-2H3/t20-/m0/s1. The number of Topliss-reactive ketones (excluding diaryl/α,β-unsaturated/α-hetero) is 1. The number of hydrogen-bond donors (Lipinski definition) is 3. The first-order valence-corrected chi connectivity index (χ1v) is 9.90. The first-order chi connectivity index (χ1) is 15.0. The van der Waals surface area contributed by atoms with Crippen LogP contribution in [0.5, 0.6) is 11.5 Å². The lowest BCUT2D eigenvalue weighted by Gasteiger charge is -2.26. The van der Waals surface area contributed by atoms with Gasteiger partial charge in [-0.05, 0) is 17.7 Å². The average Bonchev–Trinajstić information content (AvgIpc) is 3.06. The SMILES string of the molecule is COc1ccc([C@H]2C(=C(O)c3ccccc3)C(=O)C(=O)N2CCNCCO)cc1OC. The number of ether oxygens (including phenoxy) is 2. The van der Waals surface area contributed by atoms with Crippen LogP contribution in [0.25, 0.3) is 5.76 Å². The van der Waals surface area contributed by atoms with Gasteiger partial charge in [-0.2, -0.15) is 0 Å². The van der Waals surface area contributed by atoms with Crippen LogP contribution in [0.15, 0.2) is 54.1 Å². The molecule has 1 fully saturated rings. The minimum atomic E-state index is -0.795. The number of hydrogen-bond acceptors (Lipinski definition) is 7. The van der Waals surface area contributed by atoms with Gasteiger partial charge >= 0.3 is 0 Å². The van der Waals surface area contributed by atoms with E-state index < -0.39 is 17.7 Å². The molecular weight excluding hydrogens is 400 g/mol. The number of aliphatic hydroxyl groups is 2. The Morgan fingerprint density at radius 1 is 1.03 bits per heavy atom. The Hall–Kier alpha value is -3.36. The van der Waals surface area contributed by atoms with E-state index >= 15 is 0 Å². The fraction of sp³-hybridized carbons (Fsp3) is 0.304. The molecule has 3 N–H and O–H groups in total. The topological polar surface area (TPSA) is 108 Å². The van der Waals surface area contributed by atoms with Crippen LogP contribution in [0.4, 0.5) is 0 Å². The zero-order valence-corrected chi connectivity index (χ0v) is 17.5. The van der Waals surface area contributed by atoms with E-state index in [2.05, 4.69) is 5.32 Å². The second-order valence-corrected chi connectivity index (χ2v) is 6.95. The van der Waals surface area contributed by atoms with Crippen molar-refractivity contribution in [3.05, 3.63) is 65.2 Å². The third kappa shape index (κ3) is 4.55. The molecule has 0 aromatic heterocycles. The molecule has 3 rings (SSSR count). The van der Waals surface area contributed by atoms with E-state index in [0.717, 1.165) is 0 Å². The van der Waals surface area contributed by atoms with Crippen LogP contribution in [0.2, 0.25) is 0 Å². The van der Waals surface area contributed by atoms with Crippen LogP contribution < -0.4 is 14.8 Å². The smallest absolute Gasteiger partial charge is 0.295 e. The molecule has 164 valence electrons. The van der Waals surface area contributed by atoms with Crippen molar-refractivity contribution in [3.8, 4) is 11.5 Å². The van der Waals surface area contributed by atoms with Gasteiger partial charge in [0, 0.05) is 25.2 Å². The molecule has 0 spiro atoms. The minimum Gasteiger partial charge on any atom is -0.507 e. The van der Waals surface area contributed by atoms with Gasteiger partial charge in [0.15, 0.2) is 11.5 Å². The van der Waals surface area contributed by atoms with E-state index in [4.69, 9.17) is 14.6 Å². The third-order valence-electron chi connectivity index (χ3n) is 5.13. The molecule has 1 atom stereocenters. The Morgan fingerprint density at radius 2 is 1.74 bits per heavy atom. The lowest BCUT2D eigenvalue weighted by molar-refractivity contribution is -0.139. The number of carbonyl (C=O) groups excluding carboxylic acids is 2. The van der Waals surface area contributed by atoms with Crippen LogP contribution in [0.1, 0.15) is 17.2 Å². The van der Waals surface area contributed by atoms with E-state index in [-0.39, 0.29) is 24.5 Å². The van der Waals surface area contributed by atoms with Crippen LogP contribution in [0.3, 0.4) is 0 Å². The lowest BCUT2D eigenvalue weighted by Crippen LogP contribution is -2.36. The van der Waals surface area contributed by atoms with Crippen molar-refractivity contribution in [1.29, 1.82) is 0 Å². The molecule has 0 unspecified atom stereocenters. The molecule has 0 radical (unpaired) electrons. The van der Waals surface area contributed by atoms with E-state index in [1.807, 2.05) is 0 Å². The van der Waals surface area contributed by atoms with Gasteiger partial charge in [0.2, 0.25) is 0 Å². The zero-order chi connectivity index (χ0) is 22.4. The Balaban J connectivity index is 2.10. The predicted octanol–water partition coefficient (Wildman–Crippen LogP) is 1.71. The number of aliphatic hydroxyl groups excluding tert-OH is 2. The summed E-state index contributed by atoms with van der Waals surface area (Å²) in [6.07, 6.45) is 0. The average molecular weight is 426 g/mol. The van der Waals surface area contributed by atoms with Gasteiger partial charge in [-0.3, -0.25) is 9.59 Å². The molecule has 8 heteroatoms. The van der Waals surface area contributed by atoms with Gasteiger partial charge in [-0.1, -0.05) is 36.4 Å². The van der Waals surface area contributed by atoms with Crippen molar-refractivity contribution in [2.45, 2.75) is 6.04 Å². The molecule has 8 nitrogen and oxygen atoms in total. The van der Waals surface area contributed by atoms with Crippen LogP contribution in [0, 0.1) is 0 Å². The first kappa shape index (κ1) is 22.3. The number of nitrogens with zero attached hydrogens (tertiary/aromatic N) is 1. The highest BCUT2D eigenvalue weighted by Gasteiger charge is 2.46. The van der Waals surface area contributed by atoms with Crippen molar-refractivity contribution in [2.75, 3.05) is 40.5 Å². The molecule has 0 bridgehead atoms. The number of methoxy groups -OCH3 is 2. The van der Waals surface area contributed by atoms with Crippen LogP contribution in [-0.2, 0) is 9.59 Å². The maximum Gasteiger partial charge on any atom is 0.295 e. The summed E-state index contributed by atoms with van der Waals surface area (Å²) in [4.78, 5) is 27.2. The van der Waals surface area contributed by atoms with Gasteiger partial charge in [0.05, 0.1) is 32.4 Å². The van der Waals surface area contributed by atoms with Gasteiger partial charge in [-0.25, -0.2) is 0 Å². The molecule has 1 aliphatic heterocycles. The fourth-order valence-electron chi connectivity index (χ4n) is 3.64. The molecule has 0 saturated carbocycles. The Labute approximate surface area is 180 Å². The number of nitrogens with one attached hydrogen (secondary N) is 1. The number of benzene rings is 2. The molecule has 1 amide bonds. The summed E-state index contributed by atoms with van der Waals surface area (Å²) in [6.45, 7) is 0.929. The summed E-state index contributed by atoms with van der Waals surface area (Å²) < 4.78 is 10.7. The van der Waals surface area contributed by atoms with Gasteiger partial charge in [-0.15, -0.1) is 0 Å². The summed E-state index contributed by atoms with van der Waals surface area (Å²) in [5, 5.41) is 22.9. The molecule has 1 heterocycles. The largest absolute Gasteiger partial charge is 0.507 e. The van der Waals surface area contributed by atoms with E-state index in [1.54, 1.807) is 48.5 Å². The maximum absolute atomic E-state index is 13.0. The highest BCUT2D eigenvalue weighted by molar-refractivity contribution is 6.46. The van der Waals surface area contributed by atoms with Crippen molar-refractivity contribution >= 4 is 17.4 Å². The van der Waals surface area contributed by atoms with E-state index in [0.29, 0.717) is 35.7 Å². The molecular formula is C23H26N2O6. The highest BCUT2D eigenvalue weighted by atomic mass is 16.5. The van der Waals surface area contributed by atoms with E-state index in [9.17, 15) is 14.7 Å². The normalized spacial score (nSPS) is 17.8. The lowest BCUT2D eigenvalue weighted by atomic mass is 9.95. The quantitative estimate of drug-likeness (QED) is 0.242. The van der Waals surface area contributed by atoms with Crippen molar-refractivity contribution in [2.24, 2.45) is 0 Å². The zero-order valence-electron chi connectivity index (χ0n) is 17.5. The first-order valence-electron chi connectivity index (χ1n) is 9.90. The minimum absolute atomic E-state index is 0.0191. The number of ketones is 1. The summed E-state index contributed by atoms with van der Waals surface area (Å²) >= 11 is 0. The second kappa shape index (κ2) is 10.1. The second-order valence-electron chi connectivity index (χ2n) is 6.95. The molecule has 1 aliphatic rings. The van der Waals surface area contributed by atoms with Gasteiger partial charge in [0.1, 0.15) is 5.76 Å². The van der Waals surface area contributed by atoms with Gasteiger partial charge in [0.25, 0.3) is 11.7 Å². The fourth-order valence-corrected chi connectivity index (χ4v) is 3.64. The number of amides is 1. The predicted molar refractivity (Wildman–Crippen MR) is 115 cm³/mol. The highest BCUT2D eigenvalue weighted by Crippen LogP contribution is 2.41. The van der Waals surface area contributed by atoms with Crippen molar-refractivity contribution in [3.63, 3.8) is 0 Å².